The van der Waals surface area contributed by atoms with Crippen molar-refractivity contribution in [1.29, 1.82) is 0 Å². The first-order valence-corrected chi connectivity index (χ1v) is 10.6. The van der Waals surface area contributed by atoms with Crippen molar-refractivity contribution in [3.05, 3.63) is 77.9 Å². The number of aromatic nitrogens is 2. The van der Waals surface area contributed by atoms with Crippen LogP contribution in [0.1, 0.15) is 17.2 Å². The molecule has 0 aliphatic rings. The molecule has 1 heterocycles. The Bertz CT molecular complexity index is 1020. The number of nitrogens with zero attached hydrogens (tertiary/aromatic N) is 4. The highest BCUT2D eigenvalue weighted by Crippen LogP contribution is 2.25. The van der Waals surface area contributed by atoms with E-state index >= 15 is 0 Å². The third-order valence-electron chi connectivity index (χ3n) is 5.09. The van der Waals surface area contributed by atoms with Crippen molar-refractivity contribution >= 4 is 29.9 Å². The molecule has 3 aromatic rings. The molecule has 0 spiro atoms. The van der Waals surface area contributed by atoms with Gasteiger partial charge in [-0.15, -0.1) is 24.0 Å². The number of aliphatic imine (C=N–C) groups is 1. The van der Waals surface area contributed by atoms with Gasteiger partial charge in [0.15, 0.2) is 17.5 Å². The minimum Gasteiger partial charge on any atom is -0.454 e. The number of likely N-dealkylation sites (N-methyl/N-ethyl adjacent to an activating group) is 1. The third-order valence-corrected chi connectivity index (χ3v) is 5.09. The van der Waals surface area contributed by atoms with Crippen LogP contribution in [0, 0.1) is 5.82 Å². The average molecular weight is 566 g/mol. The molecule has 0 bridgehead atoms. The van der Waals surface area contributed by atoms with Gasteiger partial charge in [-0.25, -0.2) is 4.39 Å². The summed E-state index contributed by atoms with van der Waals surface area (Å²) in [6.07, 6.45) is 4.55. The van der Waals surface area contributed by atoms with Gasteiger partial charge in [-0.2, -0.15) is 5.10 Å². The zero-order valence-corrected chi connectivity index (χ0v) is 21.8. The normalized spacial score (nSPS) is 12.2. The maximum Gasteiger partial charge on any atom is 0.191 e. The fraction of sp³-hybridized carbons (Fsp3) is 0.333. The summed E-state index contributed by atoms with van der Waals surface area (Å²) in [5.74, 6) is 1.15. The lowest BCUT2D eigenvalue weighted by Crippen LogP contribution is -2.42. The van der Waals surface area contributed by atoms with E-state index in [1.54, 1.807) is 29.9 Å². The van der Waals surface area contributed by atoms with Gasteiger partial charge in [-0.1, -0.05) is 24.3 Å². The van der Waals surface area contributed by atoms with Crippen molar-refractivity contribution in [3.8, 4) is 11.5 Å². The van der Waals surface area contributed by atoms with Crippen molar-refractivity contribution in [2.75, 3.05) is 34.2 Å². The van der Waals surface area contributed by atoms with Crippen LogP contribution < -0.4 is 15.4 Å². The molecule has 0 radical (unpaired) electrons. The molecule has 9 heteroatoms. The second-order valence-electron chi connectivity index (χ2n) is 7.74. The van der Waals surface area contributed by atoms with E-state index in [0.29, 0.717) is 31.2 Å². The van der Waals surface area contributed by atoms with Crippen LogP contribution in [-0.4, -0.2) is 54.9 Å². The van der Waals surface area contributed by atoms with Gasteiger partial charge < -0.3 is 20.3 Å². The Hall–Kier alpha value is -2.66. The largest absolute Gasteiger partial charge is 0.454 e. The van der Waals surface area contributed by atoms with Gasteiger partial charge in [0.05, 0.1) is 12.2 Å². The Labute approximate surface area is 212 Å². The van der Waals surface area contributed by atoms with Crippen LogP contribution in [-0.2, 0) is 13.5 Å². The molecule has 0 fully saturated rings. The molecular formula is C24H32FIN6O. The van der Waals surface area contributed by atoms with Crippen LogP contribution in [0.5, 0.6) is 11.5 Å². The minimum atomic E-state index is -0.376. The van der Waals surface area contributed by atoms with Crippen molar-refractivity contribution < 1.29 is 9.13 Å². The second-order valence-corrected chi connectivity index (χ2v) is 7.74. The third kappa shape index (κ3) is 8.01. The lowest BCUT2D eigenvalue weighted by Gasteiger charge is -2.24. The van der Waals surface area contributed by atoms with Crippen molar-refractivity contribution in [2.45, 2.75) is 12.5 Å². The molecule has 0 amide bonds. The summed E-state index contributed by atoms with van der Waals surface area (Å²) >= 11 is 0. The number of benzene rings is 2. The fourth-order valence-electron chi connectivity index (χ4n) is 3.35. The summed E-state index contributed by atoms with van der Waals surface area (Å²) in [6, 6.07) is 14.4. The summed E-state index contributed by atoms with van der Waals surface area (Å²) in [6.45, 7) is 1.30. The Morgan fingerprint density at radius 2 is 1.94 bits per heavy atom. The predicted molar refractivity (Wildman–Crippen MR) is 141 cm³/mol. The maximum atomic E-state index is 14.4. The van der Waals surface area contributed by atoms with E-state index in [4.69, 9.17) is 4.74 Å². The van der Waals surface area contributed by atoms with E-state index in [9.17, 15) is 4.39 Å². The lowest BCUT2D eigenvalue weighted by atomic mass is 10.1. The van der Waals surface area contributed by atoms with E-state index in [-0.39, 0.29) is 41.6 Å². The molecule has 2 aromatic carbocycles. The zero-order chi connectivity index (χ0) is 22.9. The molecule has 0 aliphatic heterocycles. The first-order chi connectivity index (χ1) is 15.5. The van der Waals surface area contributed by atoms with Crippen molar-refractivity contribution in [1.82, 2.24) is 25.3 Å². The average Bonchev–Trinajstić information content (AvgIpc) is 3.20. The highest BCUT2D eigenvalue weighted by Gasteiger charge is 2.16. The Kier molecular flexibility index (Phi) is 10.6. The quantitative estimate of drug-likeness (QED) is 0.233. The minimum absolute atomic E-state index is 0. The van der Waals surface area contributed by atoms with Gasteiger partial charge in [0.25, 0.3) is 0 Å². The number of guanidine groups is 1. The summed E-state index contributed by atoms with van der Waals surface area (Å²) in [4.78, 5) is 6.43. The molecule has 1 atom stereocenters. The molecule has 0 saturated carbocycles. The SMILES string of the molecule is CN=C(NCCc1ccc(Oc2ccccc2)c(F)c1)NCC(c1cnn(C)c1)N(C)C.I. The zero-order valence-electron chi connectivity index (χ0n) is 19.5. The number of rotatable bonds is 9. The highest BCUT2D eigenvalue weighted by molar-refractivity contribution is 14.0. The van der Waals surface area contributed by atoms with Gasteiger partial charge in [0.2, 0.25) is 0 Å². The molecule has 0 saturated heterocycles. The van der Waals surface area contributed by atoms with E-state index in [2.05, 4.69) is 25.6 Å². The lowest BCUT2D eigenvalue weighted by molar-refractivity contribution is 0.298. The van der Waals surface area contributed by atoms with Crippen molar-refractivity contribution in [3.63, 3.8) is 0 Å². The fourth-order valence-corrected chi connectivity index (χ4v) is 3.35. The van der Waals surface area contributed by atoms with E-state index in [1.165, 1.54) is 6.07 Å². The standard InChI is InChI=1S/C24H31FN6O.HI/c1-26-24(28-16-22(30(2)3)19-15-29-31(4)17-19)27-13-12-18-10-11-23(21(25)14-18)32-20-8-6-5-7-9-20;/h5-11,14-15,17,22H,12-13,16H2,1-4H3,(H2,26,27,28);1H. The van der Waals surface area contributed by atoms with Crippen LogP contribution >= 0.6 is 24.0 Å². The number of hydrogen-bond acceptors (Lipinski definition) is 4. The summed E-state index contributed by atoms with van der Waals surface area (Å²) < 4.78 is 21.8. The number of halogens is 2. The molecule has 1 unspecified atom stereocenters. The van der Waals surface area contributed by atoms with E-state index in [0.717, 1.165) is 11.1 Å². The smallest absolute Gasteiger partial charge is 0.191 e. The molecular weight excluding hydrogens is 534 g/mol. The second kappa shape index (κ2) is 13.1. The van der Waals surface area contributed by atoms with E-state index < -0.39 is 0 Å². The molecule has 33 heavy (non-hydrogen) atoms. The van der Waals surface area contributed by atoms with Crippen LogP contribution in [0.2, 0.25) is 0 Å². The van der Waals surface area contributed by atoms with Crippen LogP contribution in [0.25, 0.3) is 0 Å². The van der Waals surface area contributed by atoms with Crippen LogP contribution in [0.15, 0.2) is 65.9 Å². The molecule has 1 aromatic heterocycles. The number of para-hydroxylation sites is 1. The Morgan fingerprint density at radius 1 is 1.18 bits per heavy atom. The van der Waals surface area contributed by atoms with Crippen LogP contribution in [0.4, 0.5) is 4.39 Å². The Morgan fingerprint density at radius 3 is 2.55 bits per heavy atom. The number of ether oxygens (including phenoxy) is 1. The monoisotopic (exact) mass is 566 g/mol. The van der Waals surface area contributed by atoms with E-state index in [1.807, 2.05) is 57.8 Å². The molecule has 2 N–H and O–H groups in total. The molecule has 7 nitrogen and oxygen atoms in total. The topological polar surface area (TPSA) is 66.7 Å². The first-order valence-electron chi connectivity index (χ1n) is 10.6. The van der Waals surface area contributed by atoms with Gasteiger partial charge in [-0.3, -0.25) is 9.67 Å². The van der Waals surface area contributed by atoms with Crippen LogP contribution in [0.3, 0.4) is 0 Å². The predicted octanol–water partition coefficient (Wildman–Crippen LogP) is 3.98. The highest BCUT2D eigenvalue weighted by atomic mass is 127. The summed E-state index contributed by atoms with van der Waals surface area (Å²) in [7, 11) is 7.72. The van der Waals surface area contributed by atoms with Gasteiger partial charge in [0.1, 0.15) is 5.75 Å². The van der Waals surface area contributed by atoms with Crippen molar-refractivity contribution in [2.24, 2.45) is 12.0 Å². The molecule has 3 rings (SSSR count). The van der Waals surface area contributed by atoms with Gasteiger partial charge >= 0.3 is 0 Å². The first kappa shape index (κ1) is 26.6. The Balaban J connectivity index is 0.00000385. The summed E-state index contributed by atoms with van der Waals surface area (Å²) in [5.41, 5.74) is 2.01. The maximum absolute atomic E-state index is 14.4. The van der Waals surface area contributed by atoms with Gasteiger partial charge in [-0.05, 0) is 50.3 Å². The molecule has 0 aliphatic carbocycles. The number of nitrogens with one attached hydrogen (secondary N) is 2. The molecule has 178 valence electrons. The summed E-state index contributed by atoms with van der Waals surface area (Å²) in [5, 5.41) is 10.9. The van der Waals surface area contributed by atoms with Gasteiger partial charge in [0, 0.05) is 38.9 Å². The number of aryl methyl sites for hydroxylation is 1. The number of hydrogen-bond donors (Lipinski definition) is 2.